The van der Waals surface area contributed by atoms with Crippen LogP contribution in [0, 0.1) is 0 Å². The van der Waals surface area contributed by atoms with Crippen molar-refractivity contribution in [1.82, 2.24) is 9.78 Å². The average Bonchev–Trinajstić information content (AvgIpc) is 2.92. The first-order chi connectivity index (χ1) is 10.1. The standard InChI is InChI=1S/C15H18N2O4/c1-5-21-13-7-10(15(18)20-4)6-12(19-3)14(13)11-8-16-17(2)9-11/h6-9H,5H2,1-4H3. The molecule has 2 rings (SSSR count). The van der Waals surface area contributed by atoms with Crippen molar-refractivity contribution in [3.63, 3.8) is 0 Å². The normalized spacial score (nSPS) is 10.3. The predicted octanol–water partition coefficient (Wildman–Crippen LogP) is 2.28. The first kappa shape index (κ1) is 14.9. The van der Waals surface area contributed by atoms with Crippen LogP contribution in [0.3, 0.4) is 0 Å². The van der Waals surface area contributed by atoms with Crippen LogP contribution < -0.4 is 9.47 Å². The van der Waals surface area contributed by atoms with Gasteiger partial charge in [0.15, 0.2) is 0 Å². The summed E-state index contributed by atoms with van der Waals surface area (Å²) in [4.78, 5) is 11.7. The van der Waals surface area contributed by atoms with Crippen LogP contribution >= 0.6 is 0 Å². The summed E-state index contributed by atoms with van der Waals surface area (Å²) in [6, 6.07) is 3.29. The SMILES string of the molecule is CCOc1cc(C(=O)OC)cc(OC)c1-c1cnn(C)c1. The van der Waals surface area contributed by atoms with Crippen LogP contribution in [-0.2, 0) is 11.8 Å². The summed E-state index contributed by atoms with van der Waals surface area (Å²) in [7, 11) is 4.72. The van der Waals surface area contributed by atoms with Gasteiger partial charge in [0.25, 0.3) is 0 Å². The molecule has 0 aliphatic heterocycles. The molecule has 112 valence electrons. The minimum absolute atomic E-state index is 0.380. The maximum Gasteiger partial charge on any atom is 0.338 e. The average molecular weight is 290 g/mol. The number of hydrogen-bond acceptors (Lipinski definition) is 5. The summed E-state index contributed by atoms with van der Waals surface area (Å²) < 4.78 is 17.5. The summed E-state index contributed by atoms with van der Waals surface area (Å²) in [6.45, 7) is 2.35. The van der Waals surface area contributed by atoms with Gasteiger partial charge in [0.1, 0.15) is 11.5 Å². The Kier molecular flexibility index (Phi) is 4.47. The molecule has 0 saturated heterocycles. The van der Waals surface area contributed by atoms with Crippen LogP contribution in [0.4, 0.5) is 0 Å². The number of methoxy groups -OCH3 is 2. The second-order valence-corrected chi connectivity index (χ2v) is 4.38. The van der Waals surface area contributed by atoms with Crippen molar-refractivity contribution >= 4 is 5.97 Å². The van der Waals surface area contributed by atoms with Crippen LogP contribution in [0.2, 0.25) is 0 Å². The minimum Gasteiger partial charge on any atom is -0.496 e. The van der Waals surface area contributed by atoms with E-state index in [0.29, 0.717) is 23.7 Å². The third-order valence-corrected chi connectivity index (χ3v) is 3.00. The van der Waals surface area contributed by atoms with Crippen molar-refractivity contribution in [2.24, 2.45) is 7.05 Å². The van der Waals surface area contributed by atoms with Gasteiger partial charge in [-0.3, -0.25) is 4.68 Å². The maximum atomic E-state index is 11.7. The number of benzene rings is 1. The van der Waals surface area contributed by atoms with Gasteiger partial charge >= 0.3 is 5.97 Å². The van der Waals surface area contributed by atoms with Crippen molar-refractivity contribution in [3.05, 3.63) is 30.1 Å². The van der Waals surface area contributed by atoms with Crippen molar-refractivity contribution in [1.29, 1.82) is 0 Å². The van der Waals surface area contributed by atoms with E-state index in [4.69, 9.17) is 14.2 Å². The van der Waals surface area contributed by atoms with Crippen molar-refractivity contribution < 1.29 is 19.0 Å². The van der Waals surface area contributed by atoms with Gasteiger partial charge in [-0.1, -0.05) is 0 Å². The van der Waals surface area contributed by atoms with Crippen molar-refractivity contribution in [2.75, 3.05) is 20.8 Å². The molecule has 0 radical (unpaired) electrons. The highest BCUT2D eigenvalue weighted by atomic mass is 16.5. The number of carbonyl (C=O) groups excluding carboxylic acids is 1. The molecule has 0 fully saturated rings. The number of aromatic nitrogens is 2. The second kappa shape index (κ2) is 6.30. The van der Waals surface area contributed by atoms with Gasteiger partial charge < -0.3 is 14.2 Å². The third-order valence-electron chi connectivity index (χ3n) is 3.00. The Hall–Kier alpha value is -2.50. The van der Waals surface area contributed by atoms with Gasteiger partial charge in [-0.05, 0) is 19.1 Å². The highest BCUT2D eigenvalue weighted by Gasteiger charge is 2.19. The number of nitrogens with zero attached hydrogens (tertiary/aromatic N) is 2. The van der Waals surface area contributed by atoms with Crippen molar-refractivity contribution in [3.8, 4) is 22.6 Å². The van der Waals surface area contributed by atoms with E-state index < -0.39 is 5.97 Å². The van der Waals surface area contributed by atoms with E-state index in [1.165, 1.54) is 7.11 Å². The highest BCUT2D eigenvalue weighted by Crippen LogP contribution is 2.39. The number of aryl methyl sites for hydroxylation is 1. The van der Waals surface area contributed by atoms with E-state index in [9.17, 15) is 4.79 Å². The smallest absolute Gasteiger partial charge is 0.338 e. The van der Waals surface area contributed by atoms with E-state index in [-0.39, 0.29) is 0 Å². The summed E-state index contributed by atoms with van der Waals surface area (Å²) in [5.74, 6) is 0.659. The molecular formula is C15H18N2O4. The molecule has 0 saturated carbocycles. The molecule has 1 heterocycles. The quantitative estimate of drug-likeness (QED) is 0.791. The Morgan fingerprint density at radius 1 is 1.29 bits per heavy atom. The Morgan fingerprint density at radius 2 is 2.00 bits per heavy atom. The molecule has 0 aliphatic carbocycles. The lowest BCUT2D eigenvalue weighted by atomic mass is 10.0. The molecule has 0 atom stereocenters. The van der Waals surface area contributed by atoms with Gasteiger partial charge in [0.05, 0.1) is 38.2 Å². The van der Waals surface area contributed by atoms with Gasteiger partial charge in [0, 0.05) is 18.8 Å². The lowest BCUT2D eigenvalue weighted by Crippen LogP contribution is -2.04. The van der Waals surface area contributed by atoms with Crippen LogP contribution in [-0.4, -0.2) is 36.6 Å². The van der Waals surface area contributed by atoms with E-state index in [1.54, 1.807) is 30.1 Å². The molecule has 21 heavy (non-hydrogen) atoms. The largest absolute Gasteiger partial charge is 0.496 e. The molecule has 1 aromatic heterocycles. The first-order valence-corrected chi connectivity index (χ1v) is 6.52. The maximum absolute atomic E-state index is 11.7. The molecule has 1 aromatic carbocycles. The number of hydrogen-bond donors (Lipinski definition) is 0. The molecule has 0 aliphatic rings. The molecule has 2 aromatic rings. The summed E-state index contributed by atoms with van der Waals surface area (Å²) in [5.41, 5.74) is 2.00. The van der Waals surface area contributed by atoms with Crippen LogP contribution in [0.15, 0.2) is 24.5 Å². The van der Waals surface area contributed by atoms with E-state index in [1.807, 2.05) is 20.2 Å². The van der Waals surface area contributed by atoms with Crippen LogP contribution in [0.25, 0.3) is 11.1 Å². The summed E-state index contributed by atoms with van der Waals surface area (Å²) >= 11 is 0. The molecule has 0 amide bonds. The number of carbonyl (C=O) groups is 1. The van der Waals surface area contributed by atoms with Gasteiger partial charge in [0.2, 0.25) is 0 Å². The van der Waals surface area contributed by atoms with E-state index in [2.05, 4.69) is 5.10 Å². The Morgan fingerprint density at radius 3 is 2.52 bits per heavy atom. The topological polar surface area (TPSA) is 62.6 Å². The first-order valence-electron chi connectivity index (χ1n) is 6.52. The molecule has 0 bridgehead atoms. The van der Waals surface area contributed by atoms with Gasteiger partial charge in [-0.25, -0.2) is 4.79 Å². The lowest BCUT2D eigenvalue weighted by Gasteiger charge is -2.15. The Balaban J connectivity index is 2.63. The number of ether oxygens (including phenoxy) is 3. The molecular weight excluding hydrogens is 272 g/mol. The zero-order chi connectivity index (χ0) is 15.4. The molecule has 0 unspecified atom stereocenters. The van der Waals surface area contributed by atoms with E-state index in [0.717, 1.165) is 11.1 Å². The summed E-state index contributed by atoms with van der Waals surface area (Å²) in [5, 5.41) is 4.16. The third kappa shape index (κ3) is 2.99. The molecule has 0 N–H and O–H groups in total. The summed E-state index contributed by atoms with van der Waals surface area (Å²) in [6.07, 6.45) is 3.58. The molecule has 6 nitrogen and oxygen atoms in total. The number of rotatable bonds is 5. The lowest BCUT2D eigenvalue weighted by molar-refractivity contribution is 0.0600. The fourth-order valence-electron chi connectivity index (χ4n) is 2.09. The fourth-order valence-corrected chi connectivity index (χ4v) is 2.09. The van der Waals surface area contributed by atoms with Gasteiger partial charge in [-0.15, -0.1) is 0 Å². The number of esters is 1. The van der Waals surface area contributed by atoms with Crippen LogP contribution in [0.5, 0.6) is 11.5 Å². The Labute approximate surface area is 123 Å². The highest BCUT2D eigenvalue weighted by molar-refractivity contribution is 5.93. The zero-order valence-electron chi connectivity index (χ0n) is 12.5. The minimum atomic E-state index is -0.438. The van der Waals surface area contributed by atoms with Crippen LogP contribution in [0.1, 0.15) is 17.3 Å². The Bertz CT molecular complexity index is 649. The zero-order valence-corrected chi connectivity index (χ0v) is 12.5. The second-order valence-electron chi connectivity index (χ2n) is 4.38. The van der Waals surface area contributed by atoms with Crippen molar-refractivity contribution in [2.45, 2.75) is 6.92 Å². The van der Waals surface area contributed by atoms with E-state index >= 15 is 0 Å². The molecule has 6 heteroatoms. The monoisotopic (exact) mass is 290 g/mol. The fraction of sp³-hybridized carbons (Fsp3) is 0.333. The van der Waals surface area contributed by atoms with Gasteiger partial charge in [-0.2, -0.15) is 5.10 Å². The molecule has 0 spiro atoms. The predicted molar refractivity (Wildman–Crippen MR) is 77.7 cm³/mol.